The molecule has 0 aromatic heterocycles. The Kier molecular flexibility index (Phi) is 4.78. The van der Waals surface area contributed by atoms with E-state index in [9.17, 15) is 17.6 Å². The van der Waals surface area contributed by atoms with E-state index >= 15 is 0 Å². The third-order valence-electron chi connectivity index (χ3n) is 3.20. The second kappa shape index (κ2) is 6.57. The first kappa shape index (κ1) is 15.3. The number of benzene rings is 2. The van der Waals surface area contributed by atoms with Crippen LogP contribution in [-0.2, 0) is 6.42 Å². The molecule has 4 heteroatoms. The van der Waals surface area contributed by atoms with E-state index in [2.05, 4.69) is 6.92 Å². The number of halogens is 4. The van der Waals surface area contributed by atoms with Gasteiger partial charge in [0.25, 0.3) is 0 Å². The number of aryl methyl sites for hydroxylation is 1. The Hall–Kier alpha value is -2.10. The van der Waals surface area contributed by atoms with Gasteiger partial charge in [-0.05, 0) is 35.2 Å². The van der Waals surface area contributed by atoms with Gasteiger partial charge < -0.3 is 0 Å². The molecule has 0 atom stereocenters. The first-order chi connectivity index (χ1) is 10.0. The Labute approximate surface area is 120 Å². The fraction of sp³-hybridized carbons (Fsp3) is 0.176. The standard InChI is InChI=1S/C17H14F4/c1-2-3-11-4-6-12(7-5-11)13-8-9-14(15(18)10-13)16(19)17(20)21/h4-10H,2-3H2,1H3. The summed E-state index contributed by atoms with van der Waals surface area (Å²) in [4.78, 5) is 0. The average Bonchev–Trinajstić information content (AvgIpc) is 2.47. The van der Waals surface area contributed by atoms with E-state index in [-0.39, 0.29) is 0 Å². The van der Waals surface area contributed by atoms with Crippen molar-refractivity contribution < 1.29 is 17.6 Å². The van der Waals surface area contributed by atoms with Crippen molar-refractivity contribution in [1.82, 2.24) is 0 Å². The van der Waals surface area contributed by atoms with Gasteiger partial charge in [0, 0.05) is 0 Å². The van der Waals surface area contributed by atoms with Crippen LogP contribution < -0.4 is 0 Å². The maximum absolute atomic E-state index is 13.7. The van der Waals surface area contributed by atoms with Crippen LogP contribution in [-0.4, -0.2) is 0 Å². The zero-order chi connectivity index (χ0) is 15.4. The number of rotatable bonds is 4. The van der Waals surface area contributed by atoms with Crippen LogP contribution in [0.3, 0.4) is 0 Å². The van der Waals surface area contributed by atoms with Crippen molar-refractivity contribution >= 4 is 5.83 Å². The van der Waals surface area contributed by atoms with Gasteiger partial charge in [-0.15, -0.1) is 0 Å². The number of hydrogen-bond acceptors (Lipinski definition) is 0. The zero-order valence-corrected chi connectivity index (χ0v) is 11.5. The molecular formula is C17H14F4. The molecule has 0 saturated heterocycles. The van der Waals surface area contributed by atoms with Crippen LogP contribution in [0.2, 0.25) is 0 Å². The van der Waals surface area contributed by atoms with Crippen molar-refractivity contribution in [3.63, 3.8) is 0 Å². The molecule has 0 N–H and O–H groups in total. The van der Waals surface area contributed by atoms with Crippen LogP contribution in [0.4, 0.5) is 17.6 Å². The minimum Gasteiger partial charge on any atom is -0.206 e. The van der Waals surface area contributed by atoms with Gasteiger partial charge in [-0.25, -0.2) is 8.78 Å². The van der Waals surface area contributed by atoms with Crippen LogP contribution in [0.1, 0.15) is 24.5 Å². The third kappa shape index (κ3) is 3.51. The molecule has 0 fully saturated rings. The van der Waals surface area contributed by atoms with E-state index in [4.69, 9.17) is 0 Å². The lowest BCUT2D eigenvalue weighted by Gasteiger charge is -2.06. The highest BCUT2D eigenvalue weighted by molar-refractivity contribution is 5.68. The summed E-state index contributed by atoms with van der Waals surface area (Å²) in [5.74, 6) is -2.83. The quantitative estimate of drug-likeness (QED) is 0.608. The smallest absolute Gasteiger partial charge is 0.206 e. The maximum Gasteiger partial charge on any atom is 0.306 e. The van der Waals surface area contributed by atoms with Crippen molar-refractivity contribution in [3.8, 4) is 11.1 Å². The monoisotopic (exact) mass is 294 g/mol. The van der Waals surface area contributed by atoms with Crippen molar-refractivity contribution in [3.05, 3.63) is 65.5 Å². The molecule has 0 radical (unpaired) electrons. The largest absolute Gasteiger partial charge is 0.306 e. The molecule has 0 bridgehead atoms. The van der Waals surface area contributed by atoms with Crippen LogP contribution >= 0.6 is 0 Å². The third-order valence-corrected chi connectivity index (χ3v) is 3.20. The molecular weight excluding hydrogens is 280 g/mol. The van der Waals surface area contributed by atoms with Gasteiger partial charge in [0.2, 0.25) is 0 Å². The molecule has 2 aromatic rings. The Balaban J connectivity index is 2.34. The highest BCUT2D eigenvalue weighted by atomic mass is 19.3. The fourth-order valence-corrected chi connectivity index (χ4v) is 2.13. The van der Waals surface area contributed by atoms with Crippen LogP contribution in [0, 0.1) is 5.82 Å². The summed E-state index contributed by atoms with van der Waals surface area (Å²) in [5.41, 5.74) is 1.73. The van der Waals surface area contributed by atoms with Crippen molar-refractivity contribution in [1.29, 1.82) is 0 Å². The van der Waals surface area contributed by atoms with E-state index in [1.54, 1.807) is 0 Å². The summed E-state index contributed by atoms with van der Waals surface area (Å²) in [7, 11) is 0. The van der Waals surface area contributed by atoms with E-state index < -0.39 is 23.3 Å². The highest BCUT2D eigenvalue weighted by Gasteiger charge is 2.14. The first-order valence-electron chi connectivity index (χ1n) is 6.63. The van der Waals surface area contributed by atoms with Gasteiger partial charge in [0.15, 0.2) is 5.83 Å². The molecule has 0 spiro atoms. The molecule has 2 aromatic carbocycles. The molecule has 0 nitrogen and oxygen atoms in total. The molecule has 0 saturated carbocycles. The minimum atomic E-state index is -2.52. The predicted octanol–water partition coefficient (Wildman–Crippen LogP) is 5.98. The Morgan fingerprint density at radius 1 is 0.905 bits per heavy atom. The molecule has 0 amide bonds. The van der Waals surface area contributed by atoms with Crippen molar-refractivity contribution in [2.24, 2.45) is 0 Å². The molecule has 0 unspecified atom stereocenters. The molecule has 0 aliphatic heterocycles. The summed E-state index contributed by atoms with van der Waals surface area (Å²) >= 11 is 0. The van der Waals surface area contributed by atoms with Crippen LogP contribution in [0.25, 0.3) is 17.0 Å². The first-order valence-corrected chi connectivity index (χ1v) is 6.63. The number of hydrogen-bond donors (Lipinski definition) is 0. The van der Waals surface area contributed by atoms with Crippen LogP contribution in [0.15, 0.2) is 48.5 Å². The normalized spacial score (nSPS) is 10.5. The second-order valence-electron chi connectivity index (χ2n) is 4.72. The van der Waals surface area contributed by atoms with Gasteiger partial charge in [0.05, 0.1) is 5.56 Å². The summed E-state index contributed by atoms with van der Waals surface area (Å²) in [6.07, 6.45) is -0.534. The van der Waals surface area contributed by atoms with Crippen molar-refractivity contribution in [2.45, 2.75) is 19.8 Å². The zero-order valence-electron chi connectivity index (χ0n) is 11.5. The van der Waals surface area contributed by atoms with E-state index in [0.29, 0.717) is 5.56 Å². The summed E-state index contributed by atoms with van der Waals surface area (Å²) in [6.45, 7) is 2.08. The predicted molar refractivity (Wildman–Crippen MR) is 76.1 cm³/mol. The van der Waals surface area contributed by atoms with Gasteiger partial charge >= 0.3 is 6.08 Å². The molecule has 0 aliphatic rings. The lowest BCUT2D eigenvalue weighted by Crippen LogP contribution is -1.89. The topological polar surface area (TPSA) is 0 Å². The van der Waals surface area contributed by atoms with Gasteiger partial charge in [-0.3, -0.25) is 0 Å². The molecule has 110 valence electrons. The van der Waals surface area contributed by atoms with E-state index in [1.165, 1.54) is 11.6 Å². The van der Waals surface area contributed by atoms with Crippen LogP contribution in [0.5, 0.6) is 0 Å². The Morgan fingerprint density at radius 2 is 1.52 bits per heavy atom. The van der Waals surface area contributed by atoms with Gasteiger partial charge in [-0.2, -0.15) is 8.78 Å². The molecule has 0 heterocycles. The molecule has 2 rings (SSSR count). The average molecular weight is 294 g/mol. The van der Waals surface area contributed by atoms with Gasteiger partial charge in [-0.1, -0.05) is 43.7 Å². The summed E-state index contributed by atoms with van der Waals surface area (Å²) < 4.78 is 51.2. The van der Waals surface area contributed by atoms with Crippen molar-refractivity contribution in [2.75, 3.05) is 0 Å². The molecule has 21 heavy (non-hydrogen) atoms. The second-order valence-corrected chi connectivity index (χ2v) is 4.72. The Bertz CT molecular complexity index is 653. The fourth-order valence-electron chi connectivity index (χ4n) is 2.13. The molecule has 0 aliphatic carbocycles. The van der Waals surface area contributed by atoms with E-state index in [1.807, 2.05) is 24.3 Å². The minimum absolute atomic E-state index is 0.520. The maximum atomic E-state index is 13.7. The highest BCUT2D eigenvalue weighted by Crippen LogP contribution is 2.28. The SMILES string of the molecule is CCCc1ccc(-c2ccc(C(F)=C(F)F)c(F)c2)cc1. The lowest BCUT2D eigenvalue weighted by molar-refractivity contribution is 0.409. The lowest BCUT2D eigenvalue weighted by atomic mass is 10.0. The summed E-state index contributed by atoms with van der Waals surface area (Å²) in [5, 5.41) is 0. The Morgan fingerprint density at radius 3 is 2.05 bits per heavy atom. The van der Waals surface area contributed by atoms with E-state index in [0.717, 1.165) is 30.5 Å². The summed E-state index contributed by atoms with van der Waals surface area (Å²) in [6, 6.07) is 11.1. The van der Waals surface area contributed by atoms with Gasteiger partial charge in [0.1, 0.15) is 5.82 Å².